The van der Waals surface area contributed by atoms with E-state index in [1.807, 2.05) is 18.2 Å². The van der Waals surface area contributed by atoms with Crippen LogP contribution in [0.1, 0.15) is 39.1 Å². The molecule has 0 atom stereocenters. The molecule has 3 aromatic carbocycles. The van der Waals surface area contributed by atoms with Crippen LogP contribution < -0.4 is 5.32 Å². The predicted molar refractivity (Wildman–Crippen MR) is 110 cm³/mol. The molecule has 27 heavy (non-hydrogen) atoms. The molecule has 0 unspecified atom stereocenters. The predicted octanol–water partition coefficient (Wildman–Crippen LogP) is 5.80. The van der Waals surface area contributed by atoms with Gasteiger partial charge in [0.05, 0.1) is 5.69 Å². The van der Waals surface area contributed by atoms with E-state index in [4.69, 9.17) is 11.6 Å². The summed E-state index contributed by atoms with van der Waals surface area (Å²) in [6.45, 7) is 0. The van der Waals surface area contributed by atoms with Crippen LogP contribution in [0.15, 0.2) is 78.9 Å². The quantitative estimate of drug-likeness (QED) is 0.529. The van der Waals surface area contributed by atoms with E-state index in [0.29, 0.717) is 28.3 Å². The monoisotopic (exact) mass is 377 g/mol. The fourth-order valence-electron chi connectivity index (χ4n) is 2.89. The van der Waals surface area contributed by atoms with Crippen LogP contribution in [0.25, 0.3) is 0 Å². The van der Waals surface area contributed by atoms with Gasteiger partial charge in [-0.2, -0.15) is 0 Å². The maximum absolute atomic E-state index is 12.7. The van der Waals surface area contributed by atoms with Gasteiger partial charge in [-0.05, 0) is 48.7 Å². The normalized spacial score (nSPS) is 10.4. The zero-order chi connectivity index (χ0) is 19.1. The fourth-order valence-corrected chi connectivity index (χ4v) is 3.08. The van der Waals surface area contributed by atoms with Gasteiger partial charge >= 0.3 is 0 Å². The molecule has 0 saturated carbocycles. The summed E-state index contributed by atoms with van der Waals surface area (Å²) in [5, 5.41) is 3.32. The Morgan fingerprint density at radius 3 is 2.37 bits per heavy atom. The summed E-state index contributed by atoms with van der Waals surface area (Å²) in [5.74, 6) is -0.269. The van der Waals surface area contributed by atoms with E-state index >= 15 is 0 Å². The highest BCUT2D eigenvalue weighted by Crippen LogP contribution is 2.20. The highest BCUT2D eigenvalue weighted by Gasteiger charge is 2.14. The Kier molecular flexibility index (Phi) is 6.39. The SMILES string of the molecule is O=C(Nc1ccccc1C(=O)CCCc1ccccc1)c1cccc(Cl)c1. The molecular weight excluding hydrogens is 358 g/mol. The van der Waals surface area contributed by atoms with Crippen LogP contribution in [-0.4, -0.2) is 11.7 Å². The van der Waals surface area contributed by atoms with Gasteiger partial charge in [0, 0.05) is 22.6 Å². The van der Waals surface area contributed by atoms with Gasteiger partial charge in [-0.3, -0.25) is 9.59 Å². The van der Waals surface area contributed by atoms with E-state index < -0.39 is 0 Å². The Morgan fingerprint density at radius 2 is 1.59 bits per heavy atom. The molecule has 0 radical (unpaired) electrons. The number of benzene rings is 3. The van der Waals surface area contributed by atoms with E-state index in [1.54, 1.807) is 48.5 Å². The molecule has 3 aromatic rings. The maximum Gasteiger partial charge on any atom is 0.255 e. The van der Waals surface area contributed by atoms with Crippen molar-refractivity contribution >= 4 is 29.0 Å². The standard InChI is InChI=1S/C23H20ClNO2/c24-19-12-7-11-18(16-19)23(27)25-21-14-5-4-13-20(21)22(26)15-6-10-17-8-2-1-3-9-17/h1-5,7-9,11-14,16H,6,10,15H2,(H,25,27). The minimum absolute atomic E-state index is 0.0212. The molecule has 0 aliphatic carbocycles. The van der Waals surface area contributed by atoms with Crippen molar-refractivity contribution in [2.24, 2.45) is 0 Å². The summed E-state index contributed by atoms with van der Waals surface area (Å²) in [4.78, 5) is 25.1. The molecule has 0 saturated heterocycles. The Labute approximate surface area is 164 Å². The first-order chi connectivity index (χ1) is 13.1. The van der Waals surface area contributed by atoms with Gasteiger partial charge < -0.3 is 5.32 Å². The van der Waals surface area contributed by atoms with Crippen molar-refractivity contribution < 1.29 is 9.59 Å². The Balaban J connectivity index is 1.66. The largest absolute Gasteiger partial charge is 0.321 e. The van der Waals surface area contributed by atoms with Crippen LogP contribution >= 0.6 is 11.6 Å². The average Bonchev–Trinajstić information content (AvgIpc) is 2.69. The van der Waals surface area contributed by atoms with Crippen molar-refractivity contribution in [1.29, 1.82) is 0 Å². The van der Waals surface area contributed by atoms with Crippen LogP contribution in [0.2, 0.25) is 5.02 Å². The number of hydrogen-bond donors (Lipinski definition) is 1. The Hall–Kier alpha value is -2.91. The van der Waals surface area contributed by atoms with Gasteiger partial charge in [-0.1, -0.05) is 60.1 Å². The molecule has 0 heterocycles. The second-order valence-corrected chi connectivity index (χ2v) is 6.71. The van der Waals surface area contributed by atoms with Crippen LogP contribution in [0, 0.1) is 0 Å². The molecule has 0 aliphatic heterocycles. The summed E-state index contributed by atoms with van der Waals surface area (Å²) in [7, 11) is 0. The number of amides is 1. The number of para-hydroxylation sites is 1. The highest BCUT2D eigenvalue weighted by atomic mass is 35.5. The van der Waals surface area contributed by atoms with Gasteiger partial charge in [0.25, 0.3) is 5.91 Å². The molecule has 136 valence electrons. The number of ketones is 1. The molecule has 4 heteroatoms. The highest BCUT2D eigenvalue weighted by molar-refractivity contribution is 6.31. The summed E-state index contributed by atoms with van der Waals surface area (Å²) in [6.07, 6.45) is 2.04. The van der Waals surface area contributed by atoms with Crippen molar-refractivity contribution in [1.82, 2.24) is 0 Å². The van der Waals surface area contributed by atoms with Crippen molar-refractivity contribution in [3.63, 3.8) is 0 Å². The van der Waals surface area contributed by atoms with Crippen molar-refractivity contribution in [3.8, 4) is 0 Å². The van der Waals surface area contributed by atoms with Crippen molar-refractivity contribution in [2.75, 3.05) is 5.32 Å². The number of hydrogen-bond acceptors (Lipinski definition) is 2. The lowest BCUT2D eigenvalue weighted by molar-refractivity contribution is 0.0981. The van der Waals surface area contributed by atoms with E-state index in [2.05, 4.69) is 17.4 Å². The third-order valence-corrected chi connectivity index (χ3v) is 4.51. The first-order valence-corrected chi connectivity index (χ1v) is 9.24. The number of halogens is 1. The lowest BCUT2D eigenvalue weighted by Gasteiger charge is -2.11. The molecular formula is C23H20ClNO2. The fraction of sp³-hybridized carbons (Fsp3) is 0.130. The zero-order valence-corrected chi connectivity index (χ0v) is 15.6. The molecule has 0 aromatic heterocycles. The molecule has 0 fully saturated rings. The van der Waals surface area contributed by atoms with Crippen molar-refractivity contribution in [2.45, 2.75) is 19.3 Å². The molecule has 0 spiro atoms. The number of carbonyl (C=O) groups excluding carboxylic acids is 2. The van der Waals surface area contributed by atoms with E-state index in [-0.39, 0.29) is 11.7 Å². The van der Waals surface area contributed by atoms with Crippen LogP contribution in [-0.2, 0) is 6.42 Å². The number of carbonyl (C=O) groups is 2. The zero-order valence-electron chi connectivity index (χ0n) is 14.8. The molecule has 0 bridgehead atoms. The topological polar surface area (TPSA) is 46.2 Å². The second kappa shape index (κ2) is 9.15. The third kappa shape index (κ3) is 5.28. The number of Topliss-reactive ketones (excluding diaryl/α,β-unsaturated/α-hetero) is 1. The first-order valence-electron chi connectivity index (χ1n) is 8.86. The van der Waals surface area contributed by atoms with Gasteiger partial charge in [0.1, 0.15) is 0 Å². The third-order valence-electron chi connectivity index (χ3n) is 4.27. The summed E-state index contributed by atoms with van der Waals surface area (Å²) >= 11 is 5.95. The summed E-state index contributed by atoms with van der Waals surface area (Å²) in [5.41, 5.74) is 2.72. The van der Waals surface area contributed by atoms with Gasteiger partial charge in [0.15, 0.2) is 5.78 Å². The summed E-state index contributed by atoms with van der Waals surface area (Å²) < 4.78 is 0. The van der Waals surface area contributed by atoms with Crippen LogP contribution in [0.3, 0.4) is 0 Å². The Morgan fingerprint density at radius 1 is 0.852 bits per heavy atom. The maximum atomic E-state index is 12.7. The number of rotatable bonds is 7. The lowest BCUT2D eigenvalue weighted by atomic mass is 10.0. The smallest absolute Gasteiger partial charge is 0.255 e. The van der Waals surface area contributed by atoms with Gasteiger partial charge in [-0.15, -0.1) is 0 Å². The van der Waals surface area contributed by atoms with Gasteiger partial charge in [0.2, 0.25) is 0 Å². The number of nitrogens with one attached hydrogen (secondary N) is 1. The molecule has 3 rings (SSSR count). The second-order valence-electron chi connectivity index (χ2n) is 6.27. The minimum atomic E-state index is -0.290. The van der Waals surface area contributed by atoms with E-state index in [0.717, 1.165) is 12.8 Å². The van der Waals surface area contributed by atoms with Crippen LogP contribution in [0.4, 0.5) is 5.69 Å². The lowest BCUT2D eigenvalue weighted by Crippen LogP contribution is -2.15. The number of aryl methyl sites for hydroxylation is 1. The average molecular weight is 378 g/mol. The minimum Gasteiger partial charge on any atom is -0.321 e. The molecule has 1 N–H and O–H groups in total. The Bertz CT molecular complexity index is 938. The molecule has 1 amide bonds. The van der Waals surface area contributed by atoms with E-state index in [9.17, 15) is 9.59 Å². The molecule has 0 aliphatic rings. The van der Waals surface area contributed by atoms with Gasteiger partial charge in [-0.25, -0.2) is 0 Å². The summed E-state index contributed by atoms with van der Waals surface area (Å²) in [6, 6.07) is 23.9. The number of anilines is 1. The molecule has 3 nitrogen and oxygen atoms in total. The van der Waals surface area contributed by atoms with Crippen molar-refractivity contribution in [3.05, 3.63) is 101 Å². The first kappa shape index (κ1) is 18.9. The van der Waals surface area contributed by atoms with E-state index in [1.165, 1.54) is 5.56 Å². The van der Waals surface area contributed by atoms with Crippen LogP contribution in [0.5, 0.6) is 0 Å².